The van der Waals surface area contributed by atoms with Crippen molar-refractivity contribution >= 4 is 29.3 Å². The van der Waals surface area contributed by atoms with E-state index in [-0.39, 0.29) is 11.3 Å². The molecule has 1 aliphatic heterocycles. The largest absolute Gasteiger partial charge is 0.381 e. The summed E-state index contributed by atoms with van der Waals surface area (Å²) in [4.78, 5) is 12.9. The molecule has 0 spiro atoms. The van der Waals surface area contributed by atoms with Crippen LogP contribution >= 0.6 is 23.4 Å². The molecular weight excluding hydrogens is 342 g/mol. The normalized spacial score (nSPS) is 20.9. The molecule has 1 N–H and O–H groups in total. The predicted molar refractivity (Wildman–Crippen MR) is 101 cm³/mol. The number of carbonyl (C=O) groups is 1. The maximum absolute atomic E-state index is 12.9. The van der Waals surface area contributed by atoms with Crippen LogP contribution in [0.5, 0.6) is 0 Å². The van der Waals surface area contributed by atoms with Crippen molar-refractivity contribution in [3.8, 4) is 0 Å². The second-order valence-electron chi connectivity index (χ2n) is 6.73. The van der Waals surface area contributed by atoms with E-state index in [4.69, 9.17) is 16.3 Å². The first-order valence-corrected chi connectivity index (χ1v) is 10.4. The lowest BCUT2D eigenvalue weighted by molar-refractivity contribution is -0.126. The van der Waals surface area contributed by atoms with E-state index < -0.39 is 0 Å². The highest BCUT2D eigenvalue weighted by atomic mass is 35.5. The Morgan fingerprint density at radius 3 is 2.54 bits per heavy atom. The van der Waals surface area contributed by atoms with Crippen LogP contribution in [0.15, 0.2) is 24.3 Å². The van der Waals surface area contributed by atoms with Crippen molar-refractivity contribution < 1.29 is 9.53 Å². The number of halogens is 1. The van der Waals surface area contributed by atoms with Crippen LogP contribution in [0.4, 0.5) is 0 Å². The monoisotopic (exact) mass is 367 g/mol. The molecule has 3 nitrogen and oxygen atoms in total. The summed E-state index contributed by atoms with van der Waals surface area (Å²) in [5.74, 6) is 1.17. The number of amides is 1. The Morgan fingerprint density at radius 1 is 1.21 bits per heavy atom. The zero-order chi connectivity index (χ0) is 16.8. The van der Waals surface area contributed by atoms with E-state index in [2.05, 4.69) is 5.32 Å². The van der Waals surface area contributed by atoms with Crippen molar-refractivity contribution in [2.24, 2.45) is 0 Å². The van der Waals surface area contributed by atoms with Gasteiger partial charge >= 0.3 is 0 Å². The van der Waals surface area contributed by atoms with Gasteiger partial charge in [0.25, 0.3) is 0 Å². The highest BCUT2D eigenvalue weighted by Crippen LogP contribution is 2.41. The third-order valence-electron chi connectivity index (χ3n) is 5.20. The number of benzene rings is 1. The van der Waals surface area contributed by atoms with E-state index in [0.29, 0.717) is 5.25 Å². The van der Waals surface area contributed by atoms with E-state index in [1.165, 1.54) is 0 Å². The van der Waals surface area contributed by atoms with Crippen LogP contribution in [-0.2, 0) is 14.9 Å². The molecule has 1 amide bonds. The minimum absolute atomic E-state index is 0.190. The lowest BCUT2D eigenvalue weighted by Gasteiger charge is -2.28. The first-order chi connectivity index (χ1) is 11.7. The molecule has 0 aromatic heterocycles. The number of thioether (sulfide) groups is 1. The minimum atomic E-state index is -0.353. The molecule has 2 aliphatic rings. The van der Waals surface area contributed by atoms with Crippen LogP contribution in [0.2, 0.25) is 5.02 Å². The van der Waals surface area contributed by atoms with E-state index in [0.717, 1.165) is 74.6 Å². The molecule has 3 rings (SSSR count). The molecule has 1 saturated heterocycles. The second kappa shape index (κ2) is 8.59. The summed E-state index contributed by atoms with van der Waals surface area (Å²) in [6.07, 6.45) is 6.38. The van der Waals surface area contributed by atoms with Gasteiger partial charge < -0.3 is 10.1 Å². The van der Waals surface area contributed by atoms with Gasteiger partial charge in [0, 0.05) is 35.8 Å². The van der Waals surface area contributed by atoms with Crippen molar-refractivity contribution in [1.29, 1.82) is 0 Å². The van der Waals surface area contributed by atoms with Gasteiger partial charge in [0.2, 0.25) is 5.91 Å². The fraction of sp³-hybridized carbons (Fsp3) is 0.632. The maximum atomic E-state index is 12.9. The zero-order valence-electron chi connectivity index (χ0n) is 14.1. The third-order valence-corrected chi connectivity index (χ3v) is 6.83. The molecule has 1 aromatic carbocycles. The Morgan fingerprint density at radius 2 is 1.88 bits per heavy atom. The number of ether oxygens (including phenoxy) is 1. The quantitative estimate of drug-likeness (QED) is 0.766. The van der Waals surface area contributed by atoms with Crippen molar-refractivity contribution in [1.82, 2.24) is 5.32 Å². The highest BCUT2D eigenvalue weighted by Gasteiger charge is 2.42. The Balaban J connectivity index is 1.54. The first kappa shape index (κ1) is 18.1. The third kappa shape index (κ3) is 4.27. The van der Waals surface area contributed by atoms with Crippen LogP contribution in [0, 0.1) is 0 Å². The Bertz CT molecular complexity index is 537. The number of carbonyl (C=O) groups excluding carboxylic acids is 1. The van der Waals surface area contributed by atoms with E-state index in [1.807, 2.05) is 36.0 Å². The Kier molecular flexibility index (Phi) is 6.48. The first-order valence-electron chi connectivity index (χ1n) is 8.94. The van der Waals surface area contributed by atoms with Crippen LogP contribution < -0.4 is 5.32 Å². The Hall–Kier alpha value is -0.710. The molecular formula is C19H26ClNO2S. The average Bonchev–Trinajstić information content (AvgIpc) is 3.11. The number of rotatable bonds is 6. The zero-order valence-corrected chi connectivity index (χ0v) is 15.6. The van der Waals surface area contributed by atoms with Gasteiger partial charge in [-0.3, -0.25) is 4.79 Å². The summed E-state index contributed by atoms with van der Waals surface area (Å²) in [6, 6.07) is 7.82. The molecule has 0 unspecified atom stereocenters. The summed E-state index contributed by atoms with van der Waals surface area (Å²) >= 11 is 7.97. The van der Waals surface area contributed by atoms with Crippen molar-refractivity contribution in [3.05, 3.63) is 34.9 Å². The molecule has 1 aromatic rings. The van der Waals surface area contributed by atoms with Gasteiger partial charge in [-0.15, -0.1) is 0 Å². The fourth-order valence-electron chi connectivity index (χ4n) is 3.80. The standard InChI is InChI=1S/C19H26ClNO2S/c20-16-5-3-15(4-6-16)19(9-1-2-10-19)18(22)21-11-14-24-17-7-12-23-13-8-17/h3-6,17H,1-2,7-14H2,(H,21,22). The smallest absolute Gasteiger partial charge is 0.230 e. The topological polar surface area (TPSA) is 38.3 Å². The second-order valence-corrected chi connectivity index (χ2v) is 8.58. The van der Waals surface area contributed by atoms with E-state index >= 15 is 0 Å². The summed E-state index contributed by atoms with van der Waals surface area (Å²) < 4.78 is 5.39. The summed E-state index contributed by atoms with van der Waals surface area (Å²) in [5.41, 5.74) is 0.757. The average molecular weight is 368 g/mol. The molecule has 0 radical (unpaired) electrons. The number of hydrogen-bond acceptors (Lipinski definition) is 3. The Labute approximate surface area is 153 Å². The van der Waals surface area contributed by atoms with Crippen LogP contribution in [0.25, 0.3) is 0 Å². The van der Waals surface area contributed by atoms with Crippen LogP contribution in [-0.4, -0.2) is 36.7 Å². The molecule has 5 heteroatoms. The van der Waals surface area contributed by atoms with Gasteiger partial charge in [-0.2, -0.15) is 11.8 Å². The molecule has 132 valence electrons. The fourth-order valence-corrected chi connectivity index (χ4v) is 5.00. The predicted octanol–water partition coefficient (Wildman–Crippen LogP) is 4.18. The van der Waals surface area contributed by atoms with Gasteiger partial charge in [-0.05, 0) is 43.4 Å². The molecule has 24 heavy (non-hydrogen) atoms. The minimum Gasteiger partial charge on any atom is -0.381 e. The lowest BCUT2D eigenvalue weighted by Crippen LogP contribution is -2.43. The lowest BCUT2D eigenvalue weighted by atomic mass is 9.78. The van der Waals surface area contributed by atoms with Crippen LogP contribution in [0.3, 0.4) is 0 Å². The molecule has 1 heterocycles. The van der Waals surface area contributed by atoms with Gasteiger partial charge in [0.05, 0.1) is 5.41 Å². The molecule has 1 saturated carbocycles. The van der Waals surface area contributed by atoms with Gasteiger partial charge in [0.15, 0.2) is 0 Å². The summed E-state index contributed by atoms with van der Waals surface area (Å²) in [5, 5.41) is 4.60. The maximum Gasteiger partial charge on any atom is 0.230 e. The van der Waals surface area contributed by atoms with Gasteiger partial charge in [-0.25, -0.2) is 0 Å². The van der Waals surface area contributed by atoms with Gasteiger partial charge in [-0.1, -0.05) is 36.6 Å². The summed E-state index contributed by atoms with van der Waals surface area (Å²) in [7, 11) is 0. The van der Waals surface area contributed by atoms with Gasteiger partial charge in [0.1, 0.15) is 0 Å². The SMILES string of the molecule is O=C(NCCSC1CCOCC1)C1(c2ccc(Cl)cc2)CCCC1. The molecule has 0 atom stereocenters. The van der Waals surface area contributed by atoms with Crippen molar-refractivity contribution in [3.63, 3.8) is 0 Å². The highest BCUT2D eigenvalue weighted by molar-refractivity contribution is 7.99. The molecule has 1 aliphatic carbocycles. The number of hydrogen-bond donors (Lipinski definition) is 1. The summed E-state index contributed by atoms with van der Waals surface area (Å²) in [6.45, 7) is 2.50. The van der Waals surface area contributed by atoms with Crippen LogP contribution in [0.1, 0.15) is 44.1 Å². The van der Waals surface area contributed by atoms with Crippen molar-refractivity contribution in [2.75, 3.05) is 25.5 Å². The molecule has 2 fully saturated rings. The molecule has 0 bridgehead atoms. The number of nitrogens with one attached hydrogen (secondary N) is 1. The van der Waals surface area contributed by atoms with E-state index in [1.54, 1.807) is 0 Å². The van der Waals surface area contributed by atoms with Crippen molar-refractivity contribution in [2.45, 2.75) is 49.2 Å². The van der Waals surface area contributed by atoms with E-state index in [9.17, 15) is 4.79 Å².